The Morgan fingerprint density at radius 3 is 2.40 bits per heavy atom. The van der Waals surface area contributed by atoms with E-state index in [0.717, 1.165) is 11.3 Å². The SMILES string of the molecule is [2H]c1ccnc(-c2cccc3c2C(C)(C)c2cc(C(C)(C)C)ccc2-3)c1. The van der Waals surface area contributed by atoms with Gasteiger partial charge < -0.3 is 0 Å². The molecule has 0 N–H and O–H groups in total. The summed E-state index contributed by atoms with van der Waals surface area (Å²) in [6.45, 7) is 11.4. The number of hydrogen-bond donors (Lipinski definition) is 0. The lowest BCUT2D eigenvalue weighted by Gasteiger charge is -2.26. The number of rotatable bonds is 1. The van der Waals surface area contributed by atoms with Gasteiger partial charge in [0.2, 0.25) is 0 Å². The van der Waals surface area contributed by atoms with Gasteiger partial charge in [-0.15, -0.1) is 0 Å². The van der Waals surface area contributed by atoms with Crippen molar-refractivity contribution in [2.45, 2.75) is 45.4 Å². The molecule has 25 heavy (non-hydrogen) atoms. The first kappa shape index (κ1) is 14.9. The largest absolute Gasteiger partial charge is 0.256 e. The van der Waals surface area contributed by atoms with Gasteiger partial charge in [-0.2, -0.15) is 0 Å². The van der Waals surface area contributed by atoms with Crippen LogP contribution in [0.15, 0.2) is 60.8 Å². The van der Waals surface area contributed by atoms with Gasteiger partial charge in [0.15, 0.2) is 0 Å². The maximum atomic E-state index is 7.97. The Morgan fingerprint density at radius 1 is 0.920 bits per heavy atom. The molecule has 2 aromatic carbocycles. The van der Waals surface area contributed by atoms with Gasteiger partial charge in [-0.3, -0.25) is 4.98 Å². The number of fused-ring (bicyclic) bond motifs is 3. The normalized spacial score (nSPS) is 15.5. The van der Waals surface area contributed by atoms with E-state index in [2.05, 4.69) is 76.0 Å². The van der Waals surface area contributed by atoms with Crippen LogP contribution in [0.4, 0.5) is 0 Å². The number of pyridine rings is 1. The van der Waals surface area contributed by atoms with Gasteiger partial charge in [0.25, 0.3) is 0 Å². The van der Waals surface area contributed by atoms with E-state index in [1.807, 2.05) is 6.07 Å². The van der Waals surface area contributed by atoms with Crippen LogP contribution in [-0.2, 0) is 10.8 Å². The van der Waals surface area contributed by atoms with Crippen LogP contribution in [0, 0.1) is 0 Å². The van der Waals surface area contributed by atoms with E-state index in [4.69, 9.17) is 1.37 Å². The second-order valence-electron chi connectivity index (χ2n) is 8.50. The molecule has 0 atom stereocenters. The molecule has 0 fully saturated rings. The molecular weight excluding hydrogens is 302 g/mol. The maximum absolute atomic E-state index is 7.97. The van der Waals surface area contributed by atoms with Crippen molar-refractivity contribution in [3.05, 3.63) is 77.5 Å². The smallest absolute Gasteiger partial charge is 0.0705 e. The van der Waals surface area contributed by atoms with Crippen LogP contribution in [0.2, 0.25) is 0 Å². The number of nitrogens with zero attached hydrogens (tertiary/aromatic N) is 1. The molecule has 1 heteroatoms. The highest BCUT2D eigenvalue weighted by Crippen LogP contribution is 2.52. The summed E-state index contributed by atoms with van der Waals surface area (Å²) >= 11 is 0. The Morgan fingerprint density at radius 2 is 1.68 bits per heavy atom. The molecule has 0 radical (unpaired) electrons. The molecule has 0 bridgehead atoms. The molecule has 0 saturated carbocycles. The predicted molar refractivity (Wildman–Crippen MR) is 106 cm³/mol. The van der Waals surface area contributed by atoms with Crippen LogP contribution in [0.3, 0.4) is 0 Å². The van der Waals surface area contributed by atoms with Crippen molar-refractivity contribution in [1.82, 2.24) is 4.98 Å². The van der Waals surface area contributed by atoms with Crippen molar-refractivity contribution in [3.63, 3.8) is 0 Å². The lowest BCUT2D eigenvalue weighted by Crippen LogP contribution is -2.18. The minimum atomic E-state index is -0.0950. The Labute approximate surface area is 152 Å². The van der Waals surface area contributed by atoms with E-state index in [0.29, 0.717) is 6.04 Å². The molecule has 3 aromatic rings. The maximum Gasteiger partial charge on any atom is 0.0705 e. The van der Waals surface area contributed by atoms with Crippen LogP contribution < -0.4 is 0 Å². The zero-order chi connectivity index (χ0) is 18.7. The molecule has 1 aliphatic carbocycles. The van der Waals surface area contributed by atoms with Crippen molar-refractivity contribution in [2.24, 2.45) is 0 Å². The van der Waals surface area contributed by atoms with Crippen molar-refractivity contribution in [1.29, 1.82) is 0 Å². The fourth-order valence-electron chi connectivity index (χ4n) is 4.03. The van der Waals surface area contributed by atoms with Crippen LogP contribution in [-0.4, -0.2) is 4.98 Å². The molecule has 0 aliphatic heterocycles. The van der Waals surface area contributed by atoms with Gasteiger partial charge in [-0.05, 0) is 45.4 Å². The van der Waals surface area contributed by atoms with Gasteiger partial charge in [0.1, 0.15) is 0 Å². The molecule has 1 nitrogen and oxygen atoms in total. The van der Waals surface area contributed by atoms with Crippen LogP contribution in [0.5, 0.6) is 0 Å². The fourth-order valence-corrected chi connectivity index (χ4v) is 4.03. The van der Waals surface area contributed by atoms with Gasteiger partial charge in [-0.1, -0.05) is 77.1 Å². The van der Waals surface area contributed by atoms with Crippen LogP contribution in [0.25, 0.3) is 22.4 Å². The van der Waals surface area contributed by atoms with Gasteiger partial charge >= 0.3 is 0 Å². The van der Waals surface area contributed by atoms with Crippen LogP contribution >= 0.6 is 0 Å². The Hall–Kier alpha value is -2.41. The zero-order valence-corrected chi connectivity index (χ0v) is 15.6. The van der Waals surface area contributed by atoms with Crippen molar-refractivity contribution < 1.29 is 1.37 Å². The van der Waals surface area contributed by atoms with Crippen molar-refractivity contribution in [2.75, 3.05) is 0 Å². The second kappa shape index (κ2) is 5.29. The molecular formula is C24H25N. The second-order valence-corrected chi connectivity index (χ2v) is 8.50. The molecule has 1 aromatic heterocycles. The summed E-state index contributed by atoms with van der Waals surface area (Å²) < 4.78 is 7.97. The first-order chi connectivity index (χ1) is 12.2. The third-order valence-electron chi connectivity index (χ3n) is 5.42. The molecule has 1 aliphatic rings. The molecule has 0 amide bonds. The quantitative estimate of drug-likeness (QED) is 0.507. The fraction of sp³-hybridized carbons (Fsp3) is 0.292. The third-order valence-corrected chi connectivity index (χ3v) is 5.42. The summed E-state index contributed by atoms with van der Waals surface area (Å²) in [6.07, 6.45) is 1.73. The first-order valence-corrected chi connectivity index (χ1v) is 8.91. The monoisotopic (exact) mass is 328 g/mol. The van der Waals surface area contributed by atoms with Crippen molar-refractivity contribution >= 4 is 0 Å². The highest BCUT2D eigenvalue weighted by molar-refractivity contribution is 5.87. The standard InChI is InChI=1S/C24H25N/c1-23(2,3)16-12-13-17-18-9-8-10-19(21-11-6-7-14-25-21)22(18)24(4,5)20(17)15-16/h6-15H,1-5H3/i6D. The molecule has 0 unspecified atom stereocenters. The van der Waals surface area contributed by atoms with E-state index in [1.54, 1.807) is 12.3 Å². The van der Waals surface area contributed by atoms with Gasteiger partial charge in [-0.25, -0.2) is 0 Å². The summed E-state index contributed by atoms with van der Waals surface area (Å²) in [4.78, 5) is 4.55. The third kappa shape index (κ3) is 2.41. The lowest BCUT2D eigenvalue weighted by atomic mass is 9.77. The first-order valence-electron chi connectivity index (χ1n) is 9.41. The van der Waals surface area contributed by atoms with E-state index in [-0.39, 0.29) is 10.8 Å². The minimum absolute atomic E-state index is 0.0950. The van der Waals surface area contributed by atoms with E-state index < -0.39 is 0 Å². The lowest BCUT2D eigenvalue weighted by molar-refractivity contribution is 0.585. The Balaban J connectivity index is 1.97. The Kier molecular flexibility index (Phi) is 3.15. The average Bonchev–Trinajstić information content (AvgIpc) is 2.82. The topological polar surface area (TPSA) is 12.9 Å². The van der Waals surface area contributed by atoms with Gasteiger partial charge in [0, 0.05) is 17.2 Å². The zero-order valence-electron chi connectivity index (χ0n) is 16.6. The molecule has 0 spiro atoms. The highest BCUT2D eigenvalue weighted by atomic mass is 14.7. The summed E-state index contributed by atoms with van der Waals surface area (Å²) in [5.74, 6) is 0. The summed E-state index contributed by atoms with van der Waals surface area (Å²) in [7, 11) is 0. The number of hydrogen-bond acceptors (Lipinski definition) is 1. The van der Waals surface area contributed by atoms with E-state index in [1.165, 1.54) is 27.8 Å². The van der Waals surface area contributed by atoms with E-state index >= 15 is 0 Å². The molecule has 126 valence electrons. The van der Waals surface area contributed by atoms with E-state index in [9.17, 15) is 0 Å². The minimum Gasteiger partial charge on any atom is -0.256 e. The summed E-state index contributed by atoms with van der Waals surface area (Å²) in [5.41, 5.74) is 8.73. The molecule has 1 heterocycles. The van der Waals surface area contributed by atoms with Crippen LogP contribution in [0.1, 0.15) is 52.7 Å². The Bertz CT molecular complexity index is 1010. The molecule has 0 saturated heterocycles. The number of benzene rings is 2. The van der Waals surface area contributed by atoms with Crippen molar-refractivity contribution in [3.8, 4) is 22.4 Å². The number of aromatic nitrogens is 1. The summed E-state index contributed by atoms with van der Waals surface area (Å²) in [5, 5.41) is 0. The average molecular weight is 328 g/mol. The highest BCUT2D eigenvalue weighted by Gasteiger charge is 2.38. The predicted octanol–water partition coefficient (Wildman–Crippen LogP) is 6.35. The summed E-state index contributed by atoms with van der Waals surface area (Å²) in [6, 6.07) is 17.5. The van der Waals surface area contributed by atoms with Gasteiger partial charge in [0.05, 0.1) is 7.06 Å². The molecule has 4 rings (SSSR count).